The molecule has 0 atom stereocenters. The predicted octanol–water partition coefficient (Wildman–Crippen LogP) is 3.32. The van der Waals surface area contributed by atoms with E-state index >= 15 is 0 Å². The summed E-state index contributed by atoms with van der Waals surface area (Å²) in [6, 6.07) is 21.9. The Kier molecular flexibility index (Phi) is 3.90. The summed E-state index contributed by atoms with van der Waals surface area (Å²) in [6.07, 6.45) is -0.169. The molecule has 0 aromatic heterocycles. The van der Waals surface area contributed by atoms with Crippen LogP contribution in [0.1, 0.15) is 17.2 Å². The molecule has 0 spiro atoms. The Balaban J connectivity index is 2.30. The van der Waals surface area contributed by atoms with E-state index < -0.39 is 0 Å². The molecule has 2 aromatic carbocycles. The van der Waals surface area contributed by atoms with Gasteiger partial charge in [-0.15, -0.1) is 0 Å². The number of hydrogen-bond donors (Lipinski definition) is 0. The van der Waals surface area contributed by atoms with Crippen LogP contribution in [0.5, 0.6) is 0 Å². The largest absolute Gasteiger partial charge is 0.354 e. The van der Waals surface area contributed by atoms with Gasteiger partial charge in [-0.1, -0.05) is 60.7 Å². The molecule has 0 heterocycles. The van der Waals surface area contributed by atoms with Gasteiger partial charge in [0.25, 0.3) is 0 Å². The Morgan fingerprint density at radius 1 is 0.882 bits per heavy atom. The average Bonchev–Trinajstić information content (AvgIpc) is 2.42. The standard InChI is InChI=1S/C15H13NO/c16-11-12-17-15(13-7-3-1-4-8-13)14-9-5-2-6-10-14/h1-10,15H,12H2. The molecule has 0 saturated heterocycles. The Labute approximate surface area is 101 Å². The second-order valence-corrected chi connectivity index (χ2v) is 3.67. The number of rotatable bonds is 4. The van der Waals surface area contributed by atoms with Gasteiger partial charge < -0.3 is 4.74 Å². The van der Waals surface area contributed by atoms with Gasteiger partial charge in [0.2, 0.25) is 0 Å². The molecule has 0 bridgehead atoms. The Morgan fingerprint density at radius 3 is 1.76 bits per heavy atom. The minimum atomic E-state index is -0.169. The third-order valence-corrected chi connectivity index (χ3v) is 2.52. The van der Waals surface area contributed by atoms with E-state index in [2.05, 4.69) is 0 Å². The van der Waals surface area contributed by atoms with Gasteiger partial charge >= 0.3 is 0 Å². The van der Waals surface area contributed by atoms with Gasteiger partial charge in [0, 0.05) is 0 Å². The lowest BCUT2D eigenvalue weighted by atomic mass is 10.0. The third-order valence-electron chi connectivity index (χ3n) is 2.52. The van der Waals surface area contributed by atoms with Crippen LogP contribution in [0.25, 0.3) is 0 Å². The smallest absolute Gasteiger partial charge is 0.134 e. The van der Waals surface area contributed by atoms with Gasteiger partial charge in [-0.05, 0) is 11.1 Å². The minimum absolute atomic E-state index is 0.0917. The van der Waals surface area contributed by atoms with Crippen molar-refractivity contribution >= 4 is 0 Å². The van der Waals surface area contributed by atoms with Crippen LogP contribution < -0.4 is 0 Å². The molecule has 2 rings (SSSR count). The fraction of sp³-hybridized carbons (Fsp3) is 0.133. The van der Waals surface area contributed by atoms with Crippen molar-refractivity contribution in [3.63, 3.8) is 0 Å². The molecule has 0 fully saturated rings. The highest BCUT2D eigenvalue weighted by atomic mass is 16.5. The second kappa shape index (κ2) is 5.83. The van der Waals surface area contributed by atoms with Crippen LogP contribution in [0.3, 0.4) is 0 Å². The van der Waals surface area contributed by atoms with Crippen molar-refractivity contribution < 1.29 is 4.74 Å². The van der Waals surface area contributed by atoms with Crippen LogP contribution in [-0.2, 0) is 4.74 Å². The normalized spacial score (nSPS) is 10.1. The zero-order valence-electron chi connectivity index (χ0n) is 9.41. The highest BCUT2D eigenvalue weighted by molar-refractivity contribution is 5.29. The number of benzene rings is 2. The summed E-state index contributed by atoms with van der Waals surface area (Å²) in [5.41, 5.74) is 2.13. The quantitative estimate of drug-likeness (QED) is 0.796. The molecule has 0 unspecified atom stereocenters. The summed E-state index contributed by atoms with van der Waals surface area (Å²) >= 11 is 0. The van der Waals surface area contributed by atoms with E-state index in [0.717, 1.165) is 11.1 Å². The fourth-order valence-corrected chi connectivity index (χ4v) is 1.76. The first-order chi connectivity index (χ1) is 8.42. The lowest BCUT2D eigenvalue weighted by Crippen LogP contribution is -2.06. The van der Waals surface area contributed by atoms with E-state index in [1.165, 1.54) is 0 Å². The lowest BCUT2D eigenvalue weighted by Gasteiger charge is -2.17. The highest BCUT2D eigenvalue weighted by Crippen LogP contribution is 2.25. The summed E-state index contributed by atoms with van der Waals surface area (Å²) in [7, 11) is 0. The first kappa shape index (κ1) is 11.4. The summed E-state index contributed by atoms with van der Waals surface area (Å²) in [4.78, 5) is 0. The molecule has 2 nitrogen and oxygen atoms in total. The van der Waals surface area contributed by atoms with E-state index in [0.29, 0.717) is 0 Å². The van der Waals surface area contributed by atoms with E-state index in [1.54, 1.807) is 0 Å². The summed E-state index contributed by atoms with van der Waals surface area (Å²) < 4.78 is 5.60. The van der Waals surface area contributed by atoms with Crippen LogP contribution in [0, 0.1) is 11.3 Å². The fourth-order valence-electron chi connectivity index (χ4n) is 1.76. The van der Waals surface area contributed by atoms with Gasteiger partial charge in [0.05, 0.1) is 6.07 Å². The molecule has 0 radical (unpaired) electrons. The van der Waals surface area contributed by atoms with Gasteiger partial charge in [0.1, 0.15) is 12.7 Å². The van der Waals surface area contributed by atoms with Crippen molar-refractivity contribution in [2.75, 3.05) is 6.61 Å². The zero-order valence-corrected chi connectivity index (χ0v) is 9.41. The Bertz CT molecular complexity index is 448. The van der Waals surface area contributed by atoms with Crippen LogP contribution in [0.15, 0.2) is 60.7 Å². The van der Waals surface area contributed by atoms with Gasteiger partial charge in [-0.25, -0.2) is 0 Å². The average molecular weight is 223 g/mol. The summed E-state index contributed by atoms with van der Waals surface area (Å²) in [6.45, 7) is 0.0917. The predicted molar refractivity (Wildman–Crippen MR) is 66.3 cm³/mol. The SMILES string of the molecule is N#CCOC(c1ccccc1)c1ccccc1. The molecule has 0 N–H and O–H groups in total. The first-order valence-electron chi connectivity index (χ1n) is 5.50. The molecular formula is C15H13NO. The lowest BCUT2D eigenvalue weighted by molar-refractivity contribution is 0.107. The molecule has 2 heteroatoms. The highest BCUT2D eigenvalue weighted by Gasteiger charge is 2.13. The third kappa shape index (κ3) is 2.93. The molecule has 0 aliphatic rings. The topological polar surface area (TPSA) is 33.0 Å². The van der Waals surface area contributed by atoms with Crippen molar-refractivity contribution in [3.05, 3.63) is 71.8 Å². The van der Waals surface area contributed by atoms with Crippen molar-refractivity contribution in [1.82, 2.24) is 0 Å². The van der Waals surface area contributed by atoms with Crippen molar-refractivity contribution in [1.29, 1.82) is 5.26 Å². The van der Waals surface area contributed by atoms with E-state index in [-0.39, 0.29) is 12.7 Å². The maximum atomic E-state index is 8.63. The van der Waals surface area contributed by atoms with Crippen LogP contribution in [-0.4, -0.2) is 6.61 Å². The Morgan fingerprint density at radius 2 is 1.35 bits per heavy atom. The molecule has 0 saturated carbocycles. The van der Waals surface area contributed by atoms with Gasteiger partial charge in [-0.2, -0.15) is 5.26 Å². The molecule has 2 aromatic rings. The molecule has 84 valence electrons. The molecule has 0 aliphatic carbocycles. The first-order valence-corrected chi connectivity index (χ1v) is 5.50. The molecule has 0 aliphatic heterocycles. The molecule has 17 heavy (non-hydrogen) atoms. The number of hydrogen-bond acceptors (Lipinski definition) is 2. The van der Waals surface area contributed by atoms with E-state index in [9.17, 15) is 0 Å². The van der Waals surface area contributed by atoms with Crippen LogP contribution in [0.4, 0.5) is 0 Å². The monoisotopic (exact) mass is 223 g/mol. The maximum Gasteiger partial charge on any atom is 0.134 e. The molecular weight excluding hydrogens is 210 g/mol. The minimum Gasteiger partial charge on any atom is -0.354 e. The van der Waals surface area contributed by atoms with Crippen molar-refractivity contribution in [3.8, 4) is 6.07 Å². The summed E-state index contributed by atoms with van der Waals surface area (Å²) in [5, 5.41) is 8.63. The van der Waals surface area contributed by atoms with Crippen molar-refractivity contribution in [2.45, 2.75) is 6.10 Å². The van der Waals surface area contributed by atoms with E-state index in [1.807, 2.05) is 66.7 Å². The Hall–Kier alpha value is -2.11. The van der Waals surface area contributed by atoms with Gasteiger partial charge in [0.15, 0.2) is 0 Å². The van der Waals surface area contributed by atoms with E-state index in [4.69, 9.17) is 10.00 Å². The number of nitrogens with zero attached hydrogens (tertiary/aromatic N) is 1. The molecule has 0 amide bonds. The zero-order chi connectivity index (χ0) is 11.9. The van der Waals surface area contributed by atoms with Gasteiger partial charge in [-0.3, -0.25) is 0 Å². The van der Waals surface area contributed by atoms with Crippen LogP contribution >= 0.6 is 0 Å². The van der Waals surface area contributed by atoms with Crippen molar-refractivity contribution in [2.24, 2.45) is 0 Å². The van der Waals surface area contributed by atoms with Crippen LogP contribution in [0.2, 0.25) is 0 Å². The summed E-state index contributed by atoms with van der Waals surface area (Å²) in [5.74, 6) is 0. The maximum absolute atomic E-state index is 8.63. The number of nitriles is 1. The number of ether oxygens (including phenoxy) is 1. The second-order valence-electron chi connectivity index (χ2n) is 3.67.